The van der Waals surface area contributed by atoms with E-state index in [1.807, 2.05) is 0 Å². The van der Waals surface area contributed by atoms with Crippen LogP contribution in [0.15, 0.2) is 16.2 Å². The second-order valence-corrected chi connectivity index (χ2v) is 2.78. The Morgan fingerprint density at radius 2 is 2.09 bits per heavy atom. The van der Waals surface area contributed by atoms with Crippen LogP contribution in [0.25, 0.3) is 0 Å². The van der Waals surface area contributed by atoms with Gasteiger partial charge in [-0.1, -0.05) is 11.5 Å². The molecule has 2 heterocycles. The summed E-state index contributed by atoms with van der Waals surface area (Å²) in [6, 6.07) is 1.49. The minimum atomic E-state index is -0.0139. The average molecular weight is 173 g/mol. The van der Waals surface area contributed by atoms with E-state index in [-0.39, 0.29) is 5.56 Å². The molecule has 4 nitrogen and oxygen atoms in total. The van der Waals surface area contributed by atoms with Crippen molar-refractivity contribution in [2.75, 3.05) is 19.8 Å². The van der Waals surface area contributed by atoms with E-state index in [9.17, 15) is 4.79 Å². The molecule has 5 heteroatoms. The van der Waals surface area contributed by atoms with Gasteiger partial charge < -0.3 is 10.6 Å². The zero-order chi connectivity index (χ0) is 7.94. The van der Waals surface area contributed by atoms with Gasteiger partial charge >= 0.3 is 0 Å². The van der Waals surface area contributed by atoms with Crippen LogP contribution in [-0.4, -0.2) is 24.1 Å². The molecule has 1 aliphatic heterocycles. The van der Waals surface area contributed by atoms with Crippen molar-refractivity contribution in [1.29, 1.82) is 0 Å². The van der Waals surface area contributed by atoms with E-state index in [1.54, 1.807) is 5.38 Å². The molecule has 0 aliphatic carbocycles. The molecule has 1 aromatic rings. The van der Waals surface area contributed by atoms with Gasteiger partial charge in [0.25, 0.3) is 5.56 Å². The standard InChI is InChI=1S/C3H8N2.C3H3NOS/c1-2-5-3-4-1;5-3-1-2-6-4-3/h4-5H,1-3H2;1-2H,(H,4,5). The SMILES string of the molecule is C1CNCN1.O=c1ccs[nH]1. The van der Waals surface area contributed by atoms with Crippen molar-refractivity contribution in [3.05, 3.63) is 21.8 Å². The lowest BCUT2D eigenvalue weighted by atomic mass is 10.7. The summed E-state index contributed by atoms with van der Waals surface area (Å²) in [6.07, 6.45) is 0. The number of H-pyrrole nitrogens is 1. The molecule has 62 valence electrons. The molecule has 0 aromatic carbocycles. The van der Waals surface area contributed by atoms with E-state index in [0.717, 1.165) is 19.8 Å². The first kappa shape index (κ1) is 8.45. The first-order valence-corrected chi connectivity index (χ1v) is 4.31. The Kier molecular flexibility index (Phi) is 3.89. The van der Waals surface area contributed by atoms with Crippen LogP contribution in [0.4, 0.5) is 0 Å². The van der Waals surface area contributed by atoms with Crippen molar-refractivity contribution >= 4 is 11.5 Å². The second kappa shape index (κ2) is 5.06. The highest BCUT2D eigenvalue weighted by atomic mass is 32.1. The maximum Gasteiger partial charge on any atom is 0.257 e. The van der Waals surface area contributed by atoms with E-state index >= 15 is 0 Å². The maximum absolute atomic E-state index is 10.0. The largest absolute Gasteiger partial charge is 0.303 e. The first-order chi connectivity index (χ1) is 5.39. The summed E-state index contributed by atoms with van der Waals surface area (Å²) in [4.78, 5) is 10.0. The van der Waals surface area contributed by atoms with E-state index in [4.69, 9.17) is 0 Å². The molecule has 1 aliphatic rings. The zero-order valence-electron chi connectivity index (χ0n) is 6.09. The average Bonchev–Trinajstić information content (AvgIpc) is 2.57. The molecule has 3 N–H and O–H groups in total. The van der Waals surface area contributed by atoms with Gasteiger partial charge in [0.1, 0.15) is 0 Å². The topological polar surface area (TPSA) is 56.9 Å². The molecule has 1 aromatic heterocycles. The van der Waals surface area contributed by atoms with Gasteiger partial charge in [0.2, 0.25) is 0 Å². The van der Waals surface area contributed by atoms with Gasteiger partial charge in [-0.05, 0) is 0 Å². The minimum Gasteiger partial charge on any atom is -0.303 e. The fourth-order valence-corrected chi connectivity index (χ4v) is 1.11. The summed E-state index contributed by atoms with van der Waals surface area (Å²) in [5.41, 5.74) is -0.0139. The zero-order valence-corrected chi connectivity index (χ0v) is 6.91. The monoisotopic (exact) mass is 173 g/mol. The van der Waals surface area contributed by atoms with Crippen LogP contribution >= 0.6 is 11.5 Å². The molecule has 2 rings (SSSR count). The molecule has 0 atom stereocenters. The Balaban J connectivity index is 0.000000112. The molecule has 11 heavy (non-hydrogen) atoms. The van der Waals surface area contributed by atoms with Gasteiger partial charge in [-0.15, -0.1) is 0 Å². The number of aromatic nitrogens is 1. The lowest BCUT2D eigenvalue weighted by Gasteiger charge is -1.77. The molecule has 0 saturated carbocycles. The lowest BCUT2D eigenvalue weighted by molar-refractivity contribution is 0.807. The summed E-state index contributed by atoms with van der Waals surface area (Å²) < 4.78 is 2.49. The van der Waals surface area contributed by atoms with E-state index < -0.39 is 0 Å². The molecule has 0 spiro atoms. The molecule has 1 fully saturated rings. The summed E-state index contributed by atoms with van der Waals surface area (Å²) in [5.74, 6) is 0. The summed E-state index contributed by atoms with van der Waals surface area (Å²) in [7, 11) is 0. The fraction of sp³-hybridized carbons (Fsp3) is 0.500. The highest BCUT2D eigenvalue weighted by molar-refractivity contribution is 7.03. The van der Waals surface area contributed by atoms with E-state index in [0.29, 0.717) is 0 Å². The Morgan fingerprint density at radius 3 is 2.27 bits per heavy atom. The fourth-order valence-electron chi connectivity index (χ4n) is 0.664. The third kappa shape index (κ3) is 3.92. The highest BCUT2D eigenvalue weighted by Gasteiger charge is 1.90. The molecule has 0 bridgehead atoms. The number of nitrogens with one attached hydrogen (secondary N) is 3. The third-order valence-corrected chi connectivity index (χ3v) is 1.77. The smallest absolute Gasteiger partial charge is 0.257 e. The van der Waals surface area contributed by atoms with E-state index in [2.05, 4.69) is 15.0 Å². The molecule has 0 unspecified atom stereocenters. The normalized spacial score (nSPS) is 15.6. The van der Waals surface area contributed by atoms with Crippen molar-refractivity contribution in [1.82, 2.24) is 15.0 Å². The second-order valence-electron chi connectivity index (χ2n) is 2.06. The van der Waals surface area contributed by atoms with Crippen LogP contribution in [0.1, 0.15) is 0 Å². The van der Waals surface area contributed by atoms with Crippen LogP contribution in [-0.2, 0) is 0 Å². The van der Waals surface area contributed by atoms with Gasteiger partial charge in [0.05, 0.1) is 0 Å². The molecular formula is C6H11N3OS. The third-order valence-electron chi connectivity index (χ3n) is 1.18. The number of hydrogen-bond acceptors (Lipinski definition) is 4. The van der Waals surface area contributed by atoms with Crippen molar-refractivity contribution in [2.45, 2.75) is 0 Å². The quantitative estimate of drug-likeness (QED) is 0.499. The number of aromatic amines is 1. The Labute approximate surface area is 68.8 Å². The number of rotatable bonds is 0. The molecular weight excluding hydrogens is 162 g/mol. The molecule has 0 radical (unpaired) electrons. The van der Waals surface area contributed by atoms with Crippen molar-refractivity contribution < 1.29 is 0 Å². The first-order valence-electron chi connectivity index (χ1n) is 3.43. The summed E-state index contributed by atoms with van der Waals surface area (Å²) >= 11 is 1.30. The predicted octanol–water partition coefficient (Wildman–Crippen LogP) is -0.427. The Hall–Kier alpha value is -0.650. The van der Waals surface area contributed by atoms with Gasteiger partial charge in [-0.3, -0.25) is 9.17 Å². The Bertz CT molecular complexity index is 203. The van der Waals surface area contributed by atoms with Crippen molar-refractivity contribution in [3.8, 4) is 0 Å². The van der Waals surface area contributed by atoms with E-state index in [1.165, 1.54) is 17.6 Å². The summed E-state index contributed by atoms with van der Waals surface area (Å²) in [5, 5.41) is 7.93. The van der Waals surface area contributed by atoms with Gasteiger partial charge in [0.15, 0.2) is 0 Å². The number of hydrogen-bond donors (Lipinski definition) is 3. The molecule has 0 amide bonds. The maximum atomic E-state index is 10.0. The molecule has 1 saturated heterocycles. The minimum absolute atomic E-state index is 0.0139. The predicted molar refractivity (Wildman–Crippen MR) is 45.8 cm³/mol. The summed E-state index contributed by atoms with van der Waals surface area (Å²) in [6.45, 7) is 3.28. The van der Waals surface area contributed by atoms with Crippen LogP contribution in [0.2, 0.25) is 0 Å². The van der Waals surface area contributed by atoms with Crippen molar-refractivity contribution in [2.24, 2.45) is 0 Å². The lowest BCUT2D eigenvalue weighted by Crippen LogP contribution is -2.11. The Morgan fingerprint density at radius 1 is 1.36 bits per heavy atom. The van der Waals surface area contributed by atoms with Crippen molar-refractivity contribution in [3.63, 3.8) is 0 Å². The van der Waals surface area contributed by atoms with Crippen LogP contribution < -0.4 is 16.2 Å². The van der Waals surface area contributed by atoms with Crippen LogP contribution in [0.5, 0.6) is 0 Å². The van der Waals surface area contributed by atoms with Gasteiger partial charge in [-0.2, -0.15) is 0 Å². The highest BCUT2D eigenvalue weighted by Crippen LogP contribution is 1.77. The van der Waals surface area contributed by atoms with Gasteiger partial charge in [-0.25, -0.2) is 0 Å². The van der Waals surface area contributed by atoms with Gasteiger partial charge in [0, 0.05) is 31.2 Å². The van der Waals surface area contributed by atoms with Crippen LogP contribution in [0, 0.1) is 0 Å². The van der Waals surface area contributed by atoms with Crippen LogP contribution in [0.3, 0.4) is 0 Å².